The molecule has 0 saturated carbocycles. The standard InChI is InChI=1S/C14H14BrN3OS/c15-11-3-6-13(18-9-11)20-8-7-19-12-4-1-10(2-5-12)14(16)17/h1-6,9H,7-8H2,(H3,16,17). The van der Waals surface area contributed by atoms with E-state index >= 15 is 0 Å². The predicted octanol–water partition coefficient (Wildman–Crippen LogP) is 3.30. The summed E-state index contributed by atoms with van der Waals surface area (Å²) in [6.45, 7) is 0.599. The number of thioether (sulfide) groups is 1. The Morgan fingerprint density at radius 2 is 2.00 bits per heavy atom. The number of aromatic nitrogens is 1. The molecule has 0 amide bonds. The van der Waals surface area contributed by atoms with Gasteiger partial charge in [-0.3, -0.25) is 5.41 Å². The summed E-state index contributed by atoms with van der Waals surface area (Å²) in [5.41, 5.74) is 6.09. The average molecular weight is 352 g/mol. The number of ether oxygens (including phenoxy) is 1. The Morgan fingerprint density at radius 1 is 1.25 bits per heavy atom. The number of nitrogens with zero attached hydrogens (tertiary/aromatic N) is 1. The van der Waals surface area contributed by atoms with E-state index in [9.17, 15) is 0 Å². The minimum atomic E-state index is 0.0634. The van der Waals surface area contributed by atoms with Gasteiger partial charge < -0.3 is 10.5 Å². The summed E-state index contributed by atoms with van der Waals surface area (Å²) >= 11 is 5.00. The maximum Gasteiger partial charge on any atom is 0.122 e. The number of hydrogen-bond acceptors (Lipinski definition) is 4. The number of nitrogen functional groups attached to an aromatic ring is 1. The highest BCUT2D eigenvalue weighted by Gasteiger charge is 1.99. The molecule has 1 heterocycles. The minimum absolute atomic E-state index is 0.0634. The van der Waals surface area contributed by atoms with E-state index in [1.165, 1.54) is 0 Å². The van der Waals surface area contributed by atoms with Crippen molar-refractivity contribution in [2.75, 3.05) is 12.4 Å². The minimum Gasteiger partial charge on any atom is -0.493 e. The number of rotatable bonds is 6. The highest BCUT2D eigenvalue weighted by Crippen LogP contribution is 2.18. The van der Waals surface area contributed by atoms with Crippen molar-refractivity contribution >= 4 is 33.5 Å². The Bertz CT molecular complexity index is 572. The number of pyridine rings is 1. The summed E-state index contributed by atoms with van der Waals surface area (Å²) in [5, 5.41) is 8.28. The Labute approximate surface area is 130 Å². The number of nitrogens with two attached hydrogens (primary N) is 1. The van der Waals surface area contributed by atoms with Gasteiger partial charge in [-0.2, -0.15) is 0 Å². The molecule has 2 rings (SSSR count). The summed E-state index contributed by atoms with van der Waals surface area (Å²) in [4.78, 5) is 4.28. The molecule has 0 spiro atoms. The second-order valence-electron chi connectivity index (χ2n) is 3.95. The van der Waals surface area contributed by atoms with Gasteiger partial charge in [-0.05, 0) is 52.3 Å². The number of nitrogens with one attached hydrogen (secondary N) is 1. The largest absolute Gasteiger partial charge is 0.493 e. The van der Waals surface area contributed by atoms with Crippen LogP contribution < -0.4 is 10.5 Å². The Balaban J connectivity index is 1.75. The van der Waals surface area contributed by atoms with Crippen LogP contribution in [0.1, 0.15) is 5.56 Å². The molecular formula is C14H14BrN3OS. The number of halogens is 1. The number of benzene rings is 1. The van der Waals surface area contributed by atoms with Gasteiger partial charge in [0.15, 0.2) is 0 Å². The highest BCUT2D eigenvalue weighted by atomic mass is 79.9. The van der Waals surface area contributed by atoms with E-state index in [4.69, 9.17) is 15.9 Å². The van der Waals surface area contributed by atoms with E-state index in [1.54, 1.807) is 30.1 Å². The molecule has 4 nitrogen and oxygen atoms in total. The quantitative estimate of drug-likeness (QED) is 0.362. The molecule has 2 aromatic rings. The Hall–Kier alpha value is -1.53. The smallest absolute Gasteiger partial charge is 0.122 e. The monoisotopic (exact) mass is 351 g/mol. The van der Waals surface area contributed by atoms with E-state index in [-0.39, 0.29) is 5.84 Å². The second-order valence-corrected chi connectivity index (χ2v) is 5.98. The first-order chi connectivity index (χ1) is 9.65. The summed E-state index contributed by atoms with van der Waals surface area (Å²) in [6, 6.07) is 11.1. The van der Waals surface area contributed by atoms with E-state index in [0.717, 1.165) is 21.0 Å². The molecule has 0 aliphatic carbocycles. The van der Waals surface area contributed by atoms with Crippen LogP contribution >= 0.6 is 27.7 Å². The molecule has 0 saturated heterocycles. The van der Waals surface area contributed by atoms with Crippen molar-refractivity contribution in [2.24, 2.45) is 5.73 Å². The van der Waals surface area contributed by atoms with Crippen molar-refractivity contribution in [3.63, 3.8) is 0 Å². The fourth-order valence-electron chi connectivity index (χ4n) is 1.48. The first kappa shape index (κ1) is 14.9. The highest BCUT2D eigenvalue weighted by molar-refractivity contribution is 9.10. The van der Waals surface area contributed by atoms with E-state index < -0.39 is 0 Å². The molecule has 0 unspecified atom stereocenters. The topological polar surface area (TPSA) is 72.0 Å². The number of amidine groups is 1. The van der Waals surface area contributed by atoms with Crippen LogP contribution in [0.3, 0.4) is 0 Å². The molecule has 0 bridgehead atoms. The van der Waals surface area contributed by atoms with Crippen molar-refractivity contribution < 1.29 is 4.74 Å². The van der Waals surface area contributed by atoms with Crippen molar-refractivity contribution in [3.8, 4) is 5.75 Å². The summed E-state index contributed by atoms with van der Waals surface area (Å²) in [7, 11) is 0. The molecule has 20 heavy (non-hydrogen) atoms. The Kier molecular flexibility index (Phi) is 5.43. The lowest BCUT2D eigenvalue weighted by molar-refractivity contribution is 0.344. The van der Waals surface area contributed by atoms with Gasteiger partial charge in [0.2, 0.25) is 0 Å². The van der Waals surface area contributed by atoms with Crippen molar-refractivity contribution in [1.82, 2.24) is 4.98 Å². The zero-order chi connectivity index (χ0) is 14.4. The molecule has 0 fully saturated rings. The van der Waals surface area contributed by atoms with Crippen LogP contribution in [-0.2, 0) is 0 Å². The predicted molar refractivity (Wildman–Crippen MR) is 85.6 cm³/mol. The Morgan fingerprint density at radius 3 is 2.60 bits per heavy atom. The molecule has 0 aliphatic heterocycles. The van der Waals surface area contributed by atoms with Crippen LogP contribution in [0, 0.1) is 5.41 Å². The molecule has 0 atom stereocenters. The third-order valence-corrected chi connectivity index (χ3v) is 3.84. The van der Waals surface area contributed by atoms with E-state index in [1.807, 2.05) is 24.3 Å². The fraction of sp³-hybridized carbons (Fsp3) is 0.143. The zero-order valence-corrected chi connectivity index (χ0v) is 13.1. The maximum atomic E-state index is 7.31. The van der Waals surface area contributed by atoms with Gasteiger partial charge in [0.25, 0.3) is 0 Å². The van der Waals surface area contributed by atoms with Gasteiger partial charge in [-0.15, -0.1) is 11.8 Å². The maximum absolute atomic E-state index is 7.31. The van der Waals surface area contributed by atoms with Crippen LogP contribution in [0.2, 0.25) is 0 Å². The molecule has 3 N–H and O–H groups in total. The van der Waals surface area contributed by atoms with Gasteiger partial charge >= 0.3 is 0 Å². The van der Waals surface area contributed by atoms with Crippen molar-refractivity contribution in [2.45, 2.75) is 5.03 Å². The van der Waals surface area contributed by atoms with Crippen molar-refractivity contribution in [1.29, 1.82) is 5.41 Å². The van der Waals surface area contributed by atoms with E-state index in [2.05, 4.69) is 20.9 Å². The average Bonchev–Trinajstić information content (AvgIpc) is 2.46. The van der Waals surface area contributed by atoms with Crippen LogP contribution in [-0.4, -0.2) is 23.2 Å². The molecule has 1 aromatic carbocycles. The lowest BCUT2D eigenvalue weighted by Crippen LogP contribution is -2.10. The normalized spacial score (nSPS) is 10.2. The first-order valence-electron chi connectivity index (χ1n) is 5.97. The summed E-state index contributed by atoms with van der Waals surface area (Å²) < 4.78 is 6.59. The van der Waals surface area contributed by atoms with Crippen LogP contribution in [0.25, 0.3) is 0 Å². The van der Waals surface area contributed by atoms with E-state index in [0.29, 0.717) is 12.2 Å². The molecule has 104 valence electrons. The second kappa shape index (κ2) is 7.31. The third kappa shape index (κ3) is 4.54. The summed E-state index contributed by atoms with van der Waals surface area (Å²) in [5.74, 6) is 1.66. The summed E-state index contributed by atoms with van der Waals surface area (Å²) in [6.07, 6.45) is 1.78. The van der Waals surface area contributed by atoms with Crippen LogP contribution in [0.5, 0.6) is 5.75 Å². The molecular weight excluding hydrogens is 338 g/mol. The van der Waals surface area contributed by atoms with Gasteiger partial charge in [-0.1, -0.05) is 0 Å². The molecule has 6 heteroatoms. The van der Waals surface area contributed by atoms with Gasteiger partial charge in [0.05, 0.1) is 11.6 Å². The SMILES string of the molecule is N=C(N)c1ccc(OCCSc2ccc(Br)cn2)cc1. The van der Waals surface area contributed by atoms with Gasteiger partial charge in [0.1, 0.15) is 11.6 Å². The van der Waals surface area contributed by atoms with Gasteiger partial charge in [0, 0.05) is 22.0 Å². The van der Waals surface area contributed by atoms with Crippen LogP contribution in [0.15, 0.2) is 52.1 Å². The first-order valence-corrected chi connectivity index (χ1v) is 7.74. The van der Waals surface area contributed by atoms with Crippen molar-refractivity contribution in [3.05, 3.63) is 52.6 Å². The number of hydrogen-bond donors (Lipinski definition) is 2. The van der Waals surface area contributed by atoms with Crippen LogP contribution in [0.4, 0.5) is 0 Å². The van der Waals surface area contributed by atoms with Gasteiger partial charge in [-0.25, -0.2) is 4.98 Å². The molecule has 0 radical (unpaired) electrons. The lowest BCUT2D eigenvalue weighted by Gasteiger charge is -2.06. The molecule has 1 aromatic heterocycles. The molecule has 0 aliphatic rings. The third-order valence-electron chi connectivity index (χ3n) is 2.47. The fourth-order valence-corrected chi connectivity index (χ4v) is 2.39. The zero-order valence-electron chi connectivity index (χ0n) is 10.7. The lowest BCUT2D eigenvalue weighted by atomic mass is 10.2.